The molecule has 6 nitrogen and oxygen atoms in total. The molecule has 8 heteroatoms. The van der Waals surface area contributed by atoms with E-state index >= 15 is 0 Å². The quantitative estimate of drug-likeness (QED) is 0.594. The molecule has 0 saturated heterocycles. The van der Waals surface area contributed by atoms with E-state index in [0.717, 1.165) is 10.6 Å². The van der Waals surface area contributed by atoms with Crippen molar-refractivity contribution in [2.45, 2.75) is 18.4 Å². The lowest BCUT2D eigenvalue weighted by Crippen LogP contribution is -2.26. The molecule has 3 N–H and O–H groups in total. The topological polar surface area (TPSA) is 98.2 Å². The number of nitrogens with one attached hydrogen (secondary N) is 1. The van der Waals surface area contributed by atoms with Gasteiger partial charge in [0.15, 0.2) is 5.76 Å². The van der Waals surface area contributed by atoms with E-state index in [4.69, 9.17) is 10.3 Å². The lowest BCUT2D eigenvalue weighted by atomic mass is 10.3. The normalized spacial score (nSPS) is 11.7. The van der Waals surface area contributed by atoms with Gasteiger partial charge >= 0.3 is 0 Å². The third-order valence-corrected chi connectivity index (χ3v) is 5.35. The first-order chi connectivity index (χ1) is 9.96. The van der Waals surface area contributed by atoms with Gasteiger partial charge in [-0.1, -0.05) is 17.3 Å². The number of rotatable bonds is 7. The Hall–Kier alpha value is -1.51. The first-order valence-corrected chi connectivity index (χ1v) is 8.97. The molecule has 0 saturated carbocycles. The van der Waals surface area contributed by atoms with Gasteiger partial charge < -0.3 is 10.3 Å². The first-order valence-electron chi connectivity index (χ1n) is 6.33. The van der Waals surface area contributed by atoms with E-state index in [1.165, 1.54) is 11.8 Å². The van der Waals surface area contributed by atoms with E-state index in [0.29, 0.717) is 17.2 Å². The number of para-hydroxylation sites is 1. The Morgan fingerprint density at radius 2 is 2.14 bits per heavy atom. The summed E-state index contributed by atoms with van der Waals surface area (Å²) in [5.41, 5.74) is 7.18. The van der Waals surface area contributed by atoms with Crippen LogP contribution in [0.5, 0.6) is 0 Å². The van der Waals surface area contributed by atoms with E-state index in [-0.39, 0.29) is 12.3 Å². The molecule has 0 atom stereocenters. The van der Waals surface area contributed by atoms with Crippen molar-refractivity contribution in [2.24, 2.45) is 0 Å². The molecular formula is C13H17N3O3S2. The summed E-state index contributed by atoms with van der Waals surface area (Å²) in [6.45, 7) is 1.89. The fraction of sp³-hybridized carbons (Fsp3) is 0.308. The number of thioether (sulfide) groups is 1. The Bertz CT molecular complexity index is 698. The van der Waals surface area contributed by atoms with Crippen LogP contribution >= 0.6 is 11.8 Å². The molecule has 2 rings (SSSR count). The van der Waals surface area contributed by atoms with Crippen molar-refractivity contribution in [3.8, 4) is 0 Å². The van der Waals surface area contributed by atoms with E-state index in [1.807, 2.05) is 18.2 Å². The minimum Gasteiger partial charge on any atom is -0.398 e. The molecule has 0 aliphatic carbocycles. The molecule has 0 bridgehead atoms. The van der Waals surface area contributed by atoms with Crippen LogP contribution in [0.2, 0.25) is 0 Å². The lowest BCUT2D eigenvalue weighted by molar-refractivity contribution is 0.377. The van der Waals surface area contributed by atoms with Crippen LogP contribution in [0.3, 0.4) is 0 Å². The highest BCUT2D eigenvalue weighted by Gasteiger charge is 2.12. The summed E-state index contributed by atoms with van der Waals surface area (Å²) in [6, 6.07) is 9.08. The predicted octanol–water partition coefficient (Wildman–Crippen LogP) is 1.78. The second kappa shape index (κ2) is 6.97. The number of aryl methyl sites for hydroxylation is 1. The Kier molecular flexibility index (Phi) is 5.27. The number of nitrogens with two attached hydrogens (primary N) is 1. The van der Waals surface area contributed by atoms with Gasteiger partial charge in [0.25, 0.3) is 0 Å². The molecule has 114 valence electrons. The maximum atomic E-state index is 11.9. The van der Waals surface area contributed by atoms with Crippen molar-refractivity contribution < 1.29 is 12.9 Å². The zero-order valence-corrected chi connectivity index (χ0v) is 13.2. The van der Waals surface area contributed by atoms with Gasteiger partial charge in [-0.15, -0.1) is 11.8 Å². The number of sulfonamides is 1. The van der Waals surface area contributed by atoms with Crippen molar-refractivity contribution in [3.05, 3.63) is 41.8 Å². The summed E-state index contributed by atoms with van der Waals surface area (Å²) in [6.07, 6.45) is 0. The smallest absolute Gasteiger partial charge is 0.212 e. The van der Waals surface area contributed by atoms with Crippen molar-refractivity contribution >= 4 is 27.5 Å². The molecule has 0 spiro atoms. The van der Waals surface area contributed by atoms with Crippen LogP contribution in [0.15, 0.2) is 39.8 Å². The predicted molar refractivity (Wildman–Crippen MR) is 83.4 cm³/mol. The number of nitrogens with zero attached hydrogens (tertiary/aromatic N) is 1. The van der Waals surface area contributed by atoms with Crippen molar-refractivity contribution in [2.75, 3.05) is 17.2 Å². The van der Waals surface area contributed by atoms with Gasteiger partial charge in [0.05, 0.1) is 18.0 Å². The zero-order valence-electron chi connectivity index (χ0n) is 11.6. The molecule has 21 heavy (non-hydrogen) atoms. The van der Waals surface area contributed by atoms with Crippen LogP contribution in [0, 0.1) is 6.92 Å². The fourth-order valence-electron chi connectivity index (χ4n) is 1.63. The fourth-order valence-corrected chi connectivity index (χ4v) is 3.97. The van der Waals surface area contributed by atoms with Gasteiger partial charge in [0.2, 0.25) is 10.0 Å². The molecule has 0 unspecified atom stereocenters. The Labute approximate surface area is 128 Å². The molecule has 1 heterocycles. The number of anilines is 1. The van der Waals surface area contributed by atoms with Gasteiger partial charge in [0.1, 0.15) is 0 Å². The zero-order chi connectivity index (χ0) is 15.3. The molecule has 1 aromatic carbocycles. The van der Waals surface area contributed by atoms with Gasteiger partial charge in [-0.3, -0.25) is 0 Å². The minimum absolute atomic E-state index is 0.0130. The molecule has 1 aromatic heterocycles. The largest absolute Gasteiger partial charge is 0.398 e. The summed E-state index contributed by atoms with van der Waals surface area (Å²) >= 11 is 1.42. The highest BCUT2D eigenvalue weighted by atomic mass is 32.2. The third kappa shape index (κ3) is 5.07. The van der Waals surface area contributed by atoms with Gasteiger partial charge in [-0.25, -0.2) is 13.1 Å². The third-order valence-electron chi connectivity index (χ3n) is 2.67. The number of hydrogen-bond donors (Lipinski definition) is 2. The van der Waals surface area contributed by atoms with Crippen molar-refractivity contribution in [3.63, 3.8) is 0 Å². The Balaban J connectivity index is 1.80. The monoisotopic (exact) mass is 327 g/mol. The summed E-state index contributed by atoms with van der Waals surface area (Å²) < 4.78 is 31.2. The van der Waals surface area contributed by atoms with Crippen LogP contribution in [-0.2, 0) is 16.6 Å². The molecular weight excluding hydrogens is 310 g/mol. The Morgan fingerprint density at radius 1 is 1.38 bits per heavy atom. The number of benzene rings is 1. The number of nitrogen functional groups attached to an aromatic ring is 1. The van der Waals surface area contributed by atoms with Gasteiger partial charge in [0, 0.05) is 22.4 Å². The molecule has 0 aliphatic heterocycles. The average molecular weight is 327 g/mol. The van der Waals surface area contributed by atoms with E-state index in [2.05, 4.69) is 9.88 Å². The molecule has 2 aromatic rings. The average Bonchev–Trinajstić information content (AvgIpc) is 2.85. The summed E-state index contributed by atoms with van der Waals surface area (Å²) in [4.78, 5) is 0.888. The molecule has 0 aliphatic rings. The van der Waals surface area contributed by atoms with Crippen LogP contribution < -0.4 is 10.5 Å². The van der Waals surface area contributed by atoms with E-state index in [1.54, 1.807) is 19.1 Å². The summed E-state index contributed by atoms with van der Waals surface area (Å²) in [7, 11) is -3.35. The molecule has 0 radical (unpaired) electrons. The first kappa shape index (κ1) is 15.9. The maximum absolute atomic E-state index is 11.9. The number of hydrogen-bond acceptors (Lipinski definition) is 6. The van der Waals surface area contributed by atoms with Crippen LogP contribution in [0.1, 0.15) is 11.5 Å². The van der Waals surface area contributed by atoms with E-state index < -0.39 is 10.0 Å². The van der Waals surface area contributed by atoms with Gasteiger partial charge in [-0.05, 0) is 19.1 Å². The number of aromatic nitrogens is 1. The molecule has 0 fully saturated rings. The summed E-state index contributed by atoms with van der Waals surface area (Å²) in [5, 5.41) is 3.70. The van der Waals surface area contributed by atoms with Gasteiger partial charge in [-0.2, -0.15) is 0 Å². The second-order valence-corrected chi connectivity index (χ2v) is 7.52. The minimum atomic E-state index is -3.35. The van der Waals surface area contributed by atoms with E-state index in [9.17, 15) is 8.42 Å². The van der Waals surface area contributed by atoms with Crippen LogP contribution in [0.4, 0.5) is 5.69 Å². The van der Waals surface area contributed by atoms with Crippen LogP contribution in [-0.4, -0.2) is 25.1 Å². The SMILES string of the molecule is Cc1cc(CNS(=O)(=O)CCSc2ccccc2N)on1. The second-order valence-electron chi connectivity index (χ2n) is 4.46. The van der Waals surface area contributed by atoms with Crippen LogP contribution in [0.25, 0.3) is 0 Å². The lowest BCUT2D eigenvalue weighted by Gasteiger charge is -2.06. The van der Waals surface area contributed by atoms with Crippen molar-refractivity contribution in [1.82, 2.24) is 9.88 Å². The summed E-state index contributed by atoms with van der Waals surface area (Å²) in [5.74, 6) is 0.939. The van der Waals surface area contributed by atoms with Crippen molar-refractivity contribution in [1.29, 1.82) is 0 Å². The highest BCUT2D eigenvalue weighted by Crippen LogP contribution is 2.24. The highest BCUT2D eigenvalue weighted by molar-refractivity contribution is 8.00. The maximum Gasteiger partial charge on any atom is 0.212 e. The Morgan fingerprint density at radius 3 is 2.81 bits per heavy atom. The molecule has 0 amide bonds. The standard InChI is InChI=1S/C13H17N3O3S2/c1-10-8-11(19-16-10)9-15-21(17,18)7-6-20-13-5-3-2-4-12(13)14/h2-5,8,15H,6-7,9,14H2,1H3.